The molecule has 0 unspecified atom stereocenters. The fourth-order valence-corrected chi connectivity index (χ4v) is 2.78. The van der Waals surface area contributed by atoms with E-state index in [0.717, 1.165) is 51.2 Å². The third kappa shape index (κ3) is 5.83. The first-order valence-corrected chi connectivity index (χ1v) is 8.29. The van der Waals surface area contributed by atoms with Gasteiger partial charge in [0, 0.05) is 40.5 Å². The SMILES string of the molecule is CN=C(NCCOCC1CC1)NCC1(CCOC)CCC1. The zero-order chi connectivity index (χ0) is 15.0. The Morgan fingerprint density at radius 3 is 2.62 bits per heavy atom. The molecule has 0 heterocycles. The molecule has 0 aliphatic heterocycles. The number of hydrogen-bond acceptors (Lipinski definition) is 3. The molecule has 2 saturated carbocycles. The van der Waals surface area contributed by atoms with Crippen molar-refractivity contribution in [2.24, 2.45) is 16.3 Å². The summed E-state index contributed by atoms with van der Waals surface area (Å²) < 4.78 is 10.9. The number of nitrogens with zero attached hydrogens (tertiary/aromatic N) is 1. The lowest BCUT2D eigenvalue weighted by molar-refractivity contribution is 0.0732. The van der Waals surface area contributed by atoms with Crippen LogP contribution in [0.1, 0.15) is 38.5 Å². The van der Waals surface area contributed by atoms with Crippen molar-refractivity contribution in [2.45, 2.75) is 38.5 Å². The molecule has 2 aliphatic carbocycles. The maximum Gasteiger partial charge on any atom is 0.191 e. The van der Waals surface area contributed by atoms with E-state index in [1.807, 2.05) is 7.05 Å². The largest absolute Gasteiger partial charge is 0.385 e. The van der Waals surface area contributed by atoms with Crippen molar-refractivity contribution in [3.63, 3.8) is 0 Å². The molecule has 2 aliphatic rings. The van der Waals surface area contributed by atoms with E-state index in [-0.39, 0.29) is 0 Å². The van der Waals surface area contributed by atoms with Gasteiger partial charge in [-0.15, -0.1) is 0 Å². The van der Waals surface area contributed by atoms with Crippen molar-refractivity contribution < 1.29 is 9.47 Å². The molecule has 122 valence electrons. The lowest BCUT2D eigenvalue weighted by atomic mass is 9.67. The first-order valence-electron chi connectivity index (χ1n) is 8.29. The Balaban J connectivity index is 1.57. The fraction of sp³-hybridized carbons (Fsp3) is 0.938. The van der Waals surface area contributed by atoms with Crippen LogP contribution < -0.4 is 10.6 Å². The van der Waals surface area contributed by atoms with Crippen LogP contribution in [0.25, 0.3) is 0 Å². The van der Waals surface area contributed by atoms with E-state index >= 15 is 0 Å². The van der Waals surface area contributed by atoms with Gasteiger partial charge in [-0.05, 0) is 43.4 Å². The molecule has 0 spiro atoms. The van der Waals surface area contributed by atoms with Gasteiger partial charge in [0.2, 0.25) is 0 Å². The molecule has 2 rings (SSSR count). The Kier molecular flexibility index (Phi) is 6.77. The Labute approximate surface area is 128 Å². The molecule has 2 N–H and O–H groups in total. The van der Waals surface area contributed by atoms with E-state index < -0.39 is 0 Å². The highest BCUT2D eigenvalue weighted by Crippen LogP contribution is 2.43. The normalized spacial score (nSPS) is 21.0. The third-order valence-electron chi connectivity index (χ3n) is 4.69. The zero-order valence-corrected chi connectivity index (χ0v) is 13.6. The summed E-state index contributed by atoms with van der Waals surface area (Å²) in [5.41, 5.74) is 0.413. The number of ether oxygens (including phenoxy) is 2. The molecular weight excluding hydrogens is 266 g/mol. The monoisotopic (exact) mass is 297 g/mol. The Hall–Kier alpha value is -0.810. The van der Waals surface area contributed by atoms with E-state index in [9.17, 15) is 0 Å². The van der Waals surface area contributed by atoms with Crippen molar-refractivity contribution in [1.29, 1.82) is 0 Å². The molecular formula is C16H31N3O2. The van der Waals surface area contributed by atoms with Crippen molar-refractivity contribution in [2.75, 3.05) is 47.1 Å². The van der Waals surface area contributed by atoms with Gasteiger partial charge in [0.25, 0.3) is 0 Å². The van der Waals surface area contributed by atoms with Crippen LogP contribution in [0.3, 0.4) is 0 Å². The smallest absolute Gasteiger partial charge is 0.191 e. The van der Waals surface area contributed by atoms with Gasteiger partial charge in [-0.3, -0.25) is 4.99 Å². The van der Waals surface area contributed by atoms with Gasteiger partial charge < -0.3 is 20.1 Å². The topological polar surface area (TPSA) is 54.9 Å². The number of hydrogen-bond donors (Lipinski definition) is 2. The van der Waals surface area contributed by atoms with Gasteiger partial charge in [-0.1, -0.05) is 6.42 Å². The fourth-order valence-electron chi connectivity index (χ4n) is 2.78. The summed E-state index contributed by atoms with van der Waals surface area (Å²) in [7, 11) is 3.60. The van der Waals surface area contributed by atoms with E-state index in [1.165, 1.54) is 32.1 Å². The highest BCUT2D eigenvalue weighted by Gasteiger charge is 2.36. The molecule has 21 heavy (non-hydrogen) atoms. The Morgan fingerprint density at radius 1 is 1.24 bits per heavy atom. The minimum atomic E-state index is 0.413. The Morgan fingerprint density at radius 2 is 2.05 bits per heavy atom. The summed E-state index contributed by atoms with van der Waals surface area (Å²) in [6, 6.07) is 0. The molecule has 0 atom stereocenters. The number of rotatable bonds is 10. The van der Waals surface area contributed by atoms with E-state index in [4.69, 9.17) is 9.47 Å². The summed E-state index contributed by atoms with van der Waals surface area (Å²) in [5.74, 6) is 1.72. The van der Waals surface area contributed by atoms with Crippen LogP contribution in [0.15, 0.2) is 4.99 Å². The maximum absolute atomic E-state index is 5.62. The van der Waals surface area contributed by atoms with E-state index in [1.54, 1.807) is 7.11 Å². The van der Waals surface area contributed by atoms with Gasteiger partial charge in [0.1, 0.15) is 0 Å². The summed E-state index contributed by atoms with van der Waals surface area (Å²) in [6.45, 7) is 4.33. The van der Waals surface area contributed by atoms with Crippen molar-refractivity contribution in [3.05, 3.63) is 0 Å². The third-order valence-corrected chi connectivity index (χ3v) is 4.69. The molecule has 0 aromatic carbocycles. The summed E-state index contributed by atoms with van der Waals surface area (Å²) in [6.07, 6.45) is 7.76. The van der Waals surface area contributed by atoms with Gasteiger partial charge in [-0.25, -0.2) is 0 Å². The van der Waals surface area contributed by atoms with E-state index in [0.29, 0.717) is 5.41 Å². The van der Waals surface area contributed by atoms with Gasteiger partial charge >= 0.3 is 0 Å². The first-order chi connectivity index (χ1) is 10.3. The molecule has 0 aromatic heterocycles. The van der Waals surface area contributed by atoms with Gasteiger partial charge in [0.05, 0.1) is 6.61 Å². The second-order valence-electron chi connectivity index (χ2n) is 6.47. The molecule has 0 aromatic rings. The zero-order valence-electron chi connectivity index (χ0n) is 13.6. The van der Waals surface area contributed by atoms with Crippen molar-refractivity contribution >= 4 is 5.96 Å². The number of aliphatic imine (C=N–C) groups is 1. The van der Waals surface area contributed by atoms with Crippen molar-refractivity contribution in [3.8, 4) is 0 Å². The number of guanidine groups is 1. The predicted molar refractivity (Wildman–Crippen MR) is 85.7 cm³/mol. The second kappa shape index (κ2) is 8.59. The highest BCUT2D eigenvalue weighted by atomic mass is 16.5. The molecule has 5 nitrogen and oxygen atoms in total. The van der Waals surface area contributed by atoms with Gasteiger partial charge in [0.15, 0.2) is 5.96 Å². The molecule has 5 heteroatoms. The minimum Gasteiger partial charge on any atom is -0.385 e. The standard InChI is InChI=1S/C16H31N3O2/c1-17-15(18-9-11-21-12-14-4-5-14)19-13-16(6-3-7-16)8-10-20-2/h14H,3-13H2,1-2H3,(H2,17,18,19). The molecule has 0 bridgehead atoms. The highest BCUT2D eigenvalue weighted by molar-refractivity contribution is 5.79. The van der Waals surface area contributed by atoms with Crippen LogP contribution in [0.2, 0.25) is 0 Å². The number of methoxy groups -OCH3 is 1. The lowest BCUT2D eigenvalue weighted by Crippen LogP contribution is -2.47. The summed E-state index contributed by atoms with van der Waals surface area (Å²) in [5, 5.41) is 6.78. The van der Waals surface area contributed by atoms with Crippen LogP contribution in [-0.4, -0.2) is 53.0 Å². The van der Waals surface area contributed by atoms with Crippen LogP contribution in [0, 0.1) is 11.3 Å². The molecule has 0 radical (unpaired) electrons. The quantitative estimate of drug-likeness (QED) is 0.367. The summed E-state index contributed by atoms with van der Waals surface area (Å²) >= 11 is 0. The van der Waals surface area contributed by atoms with E-state index in [2.05, 4.69) is 15.6 Å². The van der Waals surface area contributed by atoms with Gasteiger partial charge in [-0.2, -0.15) is 0 Å². The summed E-state index contributed by atoms with van der Waals surface area (Å²) in [4.78, 5) is 4.28. The predicted octanol–water partition coefficient (Wildman–Crippen LogP) is 1.78. The Bertz CT molecular complexity index is 325. The number of nitrogens with one attached hydrogen (secondary N) is 2. The molecule has 0 saturated heterocycles. The first kappa shape index (κ1) is 16.6. The maximum atomic E-state index is 5.62. The average Bonchev–Trinajstić information content (AvgIpc) is 3.27. The molecule has 2 fully saturated rings. The van der Waals surface area contributed by atoms with Crippen molar-refractivity contribution in [1.82, 2.24) is 10.6 Å². The minimum absolute atomic E-state index is 0.413. The van der Waals surface area contributed by atoms with Crippen LogP contribution in [-0.2, 0) is 9.47 Å². The molecule has 0 amide bonds. The average molecular weight is 297 g/mol. The van der Waals surface area contributed by atoms with Crippen LogP contribution >= 0.6 is 0 Å². The van der Waals surface area contributed by atoms with Crippen LogP contribution in [0.5, 0.6) is 0 Å². The lowest BCUT2D eigenvalue weighted by Gasteiger charge is -2.42. The van der Waals surface area contributed by atoms with Crippen LogP contribution in [0.4, 0.5) is 0 Å². The second-order valence-corrected chi connectivity index (χ2v) is 6.47.